The fourth-order valence-corrected chi connectivity index (χ4v) is 0.553. The van der Waals surface area contributed by atoms with Gasteiger partial charge in [-0.2, -0.15) is 0 Å². The summed E-state index contributed by atoms with van der Waals surface area (Å²) < 4.78 is 21.6. The summed E-state index contributed by atoms with van der Waals surface area (Å²) in [6.07, 6.45) is 2.39. The van der Waals surface area contributed by atoms with E-state index in [9.17, 15) is 0 Å². The second-order valence-electron chi connectivity index (χ2n) is 1.50. The number of hydrogen-bond donors (Lipinski definition) is 1. The monoisotopic (exact) mass is 88.1 g/mol. The van der Waals surface area contributed by atoms with Crippen LogP contribution in [0.3, 0.4) is 0 Å². The molecular weight excluding hydrogens is 74.1 g/mol. The van der Waals surface area contributed by atoms with Gasteiger partial charge in [-0.15, -0.1) is 0 Å². The first-order chi connectivity index (χ1) is 4.13. The lowest BCUT2D eigenvalue weighted by molar-refractivity contribution is 0.520. The zero-order valence-electron chi connectivity index (χ0n) is 6.78. The molecule has 0 spiro atoms. The molecule has 0 saturated carbocycles. The molecule has 1 nitrogen and oxygen atoms in total. The highest BCUT2D eigenvalue weighted by Gasteiger charge is 1.93. The Labute approximate surface area is 43.0 Å². The van der Waals surface area contributed by atoms with E-state index < -0.39 is 6.50 Å². The van der Waals surface area contributed by atoms with Gasteiger partial charge >= 0.3 is 0 Å². The van der Waals surface area contributed by atoms with Crippen LogP contribution < -0.4 is 5.31 Å². The first-order valence-corrected chi connectivity index (χ1v) is 2.39. The highest BCUT2D eigenvalue weighted by atomic mass is 14.9. The quantitative estimate of drug-likeness (QED) is 0.461. The molecule has 0 atom stereocenters. The van der Waals surface area contributed by atoms with Crippen molar-refractivity contribution in [1.82, 2.24) is 5.31 Å². The third-order valence-corrected chi connectivity index (χ3v) is 0.920. The zero-order chi connectivity index (χ0) is 6.91. The van der Waals surface area contributed by atoms with E-state index >= 15 is 0 Å². The van der Waals surface area contributed by atoms with Crippen LogP contribution in [0, 0.1) is 0 Å². The Bertz CT molecular complexity index is 104. The first kappa shape index (κ1) is 1.83. The predicted molar refractivity (Wildman–Crippen MR) is 26.7 cm³/mol. The summed E-state index contributed by atoms with van der Waals surface area (Å²) in [5.74, 6) is 0. The second-order valence-corrected chi connectivity index (χ2v) is 1.50. The minimum absolute atomic E-state index is 0.510. The van der Waals surface area contributed by atoms with Gasteiger partial charge < -0.3 is 5.31 Å². The average molecular weight is 88.2 g/mol. The van der Waals surface area contributed by atoms with Gasteiger partial charge in [-0.25, -0.2) is 0 Å². The summed E-state index contributed by atoms with van der Waals surface area (Å²) in [5.41, 5.74) is 0. The van der Waals surface area contributed by atoms with E-state index in [0.717, 1.165) is 18.2 Å². The molecule has 0 unspecified atom stereocenters. The van der Waals surface area contributed by atoms with Gasteiger partial charge in [0.25, 0.3) is 0 Å². The molecule has 36 valence electrons. The molecule has 1 heteroatoms. The molecule has 1 aliphatic rings. The lowest BCUT2D eigenvalue weighted by atomic mass is 10.2. The van der Waals surface area contributed by atoms with Crippen molar-refractivity contribution in [3.8, 4) is 0 Å². The summed E-state index contributed by atoms with van der Waals surface area (Å²) in [4.78, 5) is 0. The molecule has 0 bridgehead atoms. The summed E-state index contributed by atoms with van der Waals surface area (Å²) >= 11 is 0. The van der Waals surface area contributed by atoms with Crippen molar-refractivity contribution in [2.24, 2.45) is 0 Å². The number of rotatable bonds is 0. The van der Waals surface area contributed by atoms with Crippen LogP contribution in [0.4, 0.5) is 0 Å². The zero-order valence-corrected chi connectivity index (χ0v) is 3.78. The molecule has 0 amide bonds. The number of piperidine rings is 1. The molecule has 1 N–H and O–H groups in total. The molecule has 1 fully saturated rings. The van der Waals surface area contributed by atoms with Gasteiger partial charge in [-0.1, -0.05) is 6.42 Å². The molecule has 0 aromatic rings. The van der Waals surface area contributed by atoms with E-state index in [1.807, 2.05) is 0 Å². The Morgan fingerprint density at radius 3 is 3.00 bits per heavy atom. The summed E-state index contributed by atoms with van der Waals surface area (Å²) in [6, 6.07) is 0. The number of hydrogen-bond acceptors (Lipinski definition) is 1. The summed E-state index contributed by atoms with van der Waals surface area (Å²) in [5, 5.41) is 1.04. The van der Waals surface area contributed by atoms with Gasteiger partial charge in [0, 0.05) is 2.74 Å². The van der Waals surface area contributed by atoms with E-state index in [1.54, 1.807) is 0 Å². The Morgan fingerprint density at radius 2 is 2.50 bits per heavy atom. The van der Waals surface area contributed by atoms with Crippen LogP contribution in [-0.2, 0) is 0 Å². The SMILES string of the molecule is [2H]N1CCCCC1([2H])[2H]. The molecule has 0 aliphatic carbocycles. The average Bonchev–Trinajstić information content (AvgIpc) is 1.77. The number of nitrogens with one attached hydrogen (secondary N) is 1. The Hall–Kier alpha value is -0.0400. The van der Waals surface area contributed by atoms with Gasteiger partial charge in [-0.05, 0) is 25.9 Å². The van der Waals surface area contributed by atoms with Crippen molar-refractivity contribution >= 4 is 0 Å². The van der Waals surface area contributed by atoms with Crippen LogP contribution in [0.2, 0.25) is 1.41 Å². The third kappa shape index (κ3) is 0.977. The molecular formula is C5H11N. The van der Waals surface area contributed by atoms with Gasteiger partial charge in [-0.3, -0.25) is 0 Å². The van der Waals surface area contributed by atoms with E-state index in [1.165, 1.54) is 0 Å². The predicted octanol–water partition coefficient (Wildman–Crippen LogP) is 0.760. The lowest BCUT2D eigenvalue weighted by Gasteiger charge is -2.08. The van der Waals surface area contributed by atoms with E-state index in [2.05, 4.69) is 0 Å². The summed E-state index contributed by atoms with van der Waals surface area (Å²) in [7, 11) is 0. The van der Waals surface area contributed by atoms with Crippen LogP contribution in [0.15, 0.2) is 0 Å². The highest BCUT2D eigenvalue weighted by molar-refractivity contribution is 4.55. The molecule has 6 heavy (non-hydrogen) atoms. The van der Waals surface area contributed by atoms with E-state index in [-0.39, 0.29) is 0 Å². The molecule has 1 aliphatic heterocycles. The topological polar surface area (TPSA) is 12.0 Å². The Balaban J connectivity index is 2.49. The molecule has 0 radical (unpaired) electrons. The maximum absolute atomic E-state index is 7.24. The second kappa shape index (κ2) is 2.19. The van der Waals surface area contributed by atoms with Crippen molar-refractivity contribution in [3.63, 3.8) is 0 Å². The van der Waals surface area contributed by atoms with Crippen molar-refractivity contribution in [2.75, 3.05) is 13.0 Å². The molecule has 1 rings (SSSR count). The van der Waals surface area contributed by atoms with Crippen molar-refractivity contribution in [3.05, 3.63) is 0 Å². The van der Waals surface area contributed by atoms with Gasteiger partial charge in [0.15, 0.2) is 0 Å². The standard InChI is InChI=1S/C5H11N/c1-2-4-6-5-3-1/h6H,1-5H2/i4D2/hD. The van der Waals surface area contributed by atoms with Crippen molar-refractivity contribution in [1.29, 1.82) is 0 Å². The van der Waals surface area contributed by atoms with Crippen LogP contribution >= 0.6 is 0 Å². The van der Waals surface area contributed by atoms with Gasteiger partial charge in [0.1, 0.15) is 1.41 Å². The van der Waals surface area contributed by atoms with Crippen LogP contribution in [0.1, 0.15) is 22.0 Å². The van der Waals surface area contributed by atoms with Gasteiger partial charge in [0.2, 0.25) is 0 Å². The smallest absolute Gasteiger partial charge is 0.122 e. The minimum Gasteiger partial charge on any atom is -0.317 e. The normalized spacial score (nSPS) is 43.0. The fraction of sp³-hybridized carbons (Fsp3) is 1.00. The molecule has 1 heterocycles. The molecule has 1 saturated heterocycles. The third-order valence-electron chi connectivity index (χ3n) is 0.920. The van der Waals surface area contributed by atoms with Crippen LogP contribution in [-0.4, -0.2) is 13.0 Å². The van der Waals surface area contributed by atoms with Gasteiger partial charge in [0.05, 0.1) is 0 Å². The Morgan fingerprint density at radius 1 is 1.50 bits per heavy atom. The fourth-order valence-electron chi connectivity index (χ4n) is 0.553. The Kier molecular flexibility index (Phi) is 0.667. The minimum atomic E-state index is -1.36. The maximum atomic E-state index is 7.24. The van der Waals surface area contributed by atoms with Crippen LogP contribution in [0.25, 0.3) is 0 Å². The molecule has 0 aromatic carbocycles. The first-order valence-electron chi connectivity index (χ1n) is 3.84. The van der Waals surface area contributed by atoms with Crippen molar-refractivity contribution < 1.29 is 4.15 Å². The van der Waals surface area contributed by atoms with Crippen molar-refractivity contribution in [2.45, 2.75) is 19.3 Å². The maximum Gasteiger partial charge on any atom is 0.122 e. The lowest BCUT2D eigenvalue weighted by Crippen LogP contribution is -2.21. The van der Waals surface area contributed by atoms with E-state index in [4.69, 9.17) is 4.15 Å². The highest BCUT2D eigenvalue weighted by Crippen LogP contribution is 1.96. The largest absolute Gasteiger partial charge is 0.317 e. The summed E-state index contributed by atoms with van der Waals surface area (Å²) in [6.45, 7) is -0.786. The van der Waals surface area contributed by atoms with E-state index in [0.29, 0.717) is 13.0 Å². The van der Waals surface area contributed by atoms with Crippen LogP contribution in [0.5, 0.6) is 0 Å². The molecule has 0 aromatic heterocycles.